The van der Waals surface area contributed by atoms with Gasteiger partial charge in [-0.25, -0.2) is 0 Å². The van der Waals surface area contributed by atoms with Gasteiger partial charge in [-0.2, -0.15) is 0 Å². The molecule has 0 aliphatic heterocycles. The van der Waals surface area contributed by atoms with Crippen molar-refractivity contribution in [1.82, 2.24) is 5.32 Å². The highest BCUT2D eigenvalue weighted by molar-refractivity contribution is 7.45. The van der Waals surface area contributed by atoms with Crippen molar-refractivity contribution in [3.63, 3.8) is 0 Å². The molecule has 3 unspecified atom stereocenters. The van der Waals surface area contributed by atoms with Gasteiger partial charge in [0.2, 0.25) is 5.91 Å². The van der Waals surface area contributed by atoms with Crippen LogP contribution in [0.4, 0.5) is 0 Å². The maximum Gasteiger partial charge on any atom is 0.268 e. The summed E-state index contributed by atoms with van der Waals surface area (Å²) in [6.07, 6.45) is 60.5. The number of allylic oxidation sites excluding steroid dienone is 17. The SMILES string of the molecule is CC/C=C\C/C=C\C/C=C\C/C=C\C/C=C\C/C=C\C/C=C\C/C=C\CCCCCCCCCCC(=O)NC(COP(=O)([O-])OCC[N+](C)(C)C)C(O)/C=C/CCCCC. The largest absolute Gasteiger partial charge is 0.756 e. The summed E-state index contributed by atoms with van der Waals surface area (Å²) in [4.78, 5) is 25.1. The van der Waals surface area contributed by atoms with Gasteiger partial charge in [0.25, 0.3) is 7.82 Å². The second kappa shape index (κ2) is 41.5. The van der Waals surface area contributed by atoms with Crippen LogP contribution in [0.25, 0.3) is 0 Å². The van der Waals surface area contributed by atoms with E-state index >= 15 is 0 Å². The second-order valence-corrected chi connectivity index (χ2v) is 17.8. The van der Waals surface area contributed by atoms with Crippen molar-refractivity contribution in [2.24, 2.45) is 0 Å². The van der Waals surface area contributed by atoms with Crippen molar-refractivity contribution in [2.75, 3.05) is 40.9 Å². The highest BCUT2D eigenvalue weighted by atomic mass is 31.2. The van der Waals surface area contributed by atoms with Gasteiger partial charge in [0.05, 0.1) is 39.9 Å². The van der Waals surface area contributed by atoms with E-state index in [-0.39, 0.29) is 12.5 Å². The van der Waals surface area contributed by atoms with Crippen LogP contribution in [0.15, 0.2) is 109 Å². The lowest BCUT2D eigenvalue weighted by molar-refractivity contribution is -0.870. The average Bonchev–Trinajstić information content (AvgIpc) is 3.20. The summed E-state index contributed by atoms with van der Waals surface area (Å²) in [7, 11) is 1.23. The molecular formula is C51H87N2O6P. The molecule has 0 bridgehead atoms. The fourth-order valence-corrected chi connectivity index (χ4v) is 6.53. The Morgan fingerprint density at radius 1 is 0.600 bits per heavy atom. The molecule has 0 aromatic heterocycles. The number of amides is 1. The Labute approximate surface area is 368 Å². The first-order valence-corrected chi connectivity index (χ1v) is 24.7. The van der Waals surface area contributed by atoms with E-state index in [2.05, 4.69) is 116 Å². The Bertz CT molecular complexity index is 1340. The smallest absolute Gasteiger partial charge is 0.268 e. The molecule has 342 valence electrons. The van der Waals surface area contributed by atoms with Crippen LogP contribution in [0.1, 0.15) is 155 Å². The van der Waals surface area contributed by atoms with E-state index < -0.39 is 26.6 Å². The van der Waals surface area contributed by atoms with E-state index in [0.717, 1.165) is 109 Å². The number of unbranched alkanes of at least 4 members (excludes halogenated alkanes) is 11. The van der Waals surface area contributed by atoms with Gasteiger partial charge in [0.1, 0.15) is 13.2 Å². The number of likely N-dealkylation sites (N-methyl/N-ethyl adjacent to an activating group) is 1. The summed E-state index contributed by atoms with van der Waals surface area (Å²) in [5, 5.41) is 13.6. The number of nitrogens with one attached hydrogen (secondary N) is 1. The number of phosphoric acid groups is 1. The molecule has 0 saturated carbocycles. The maximum atomic E-state index is 12.7. The predicted molar refractivity (Wildman–Crippen MR) is 256 cm³/mol. The molecule has 0 aliphatic carbocycles. The lowest BCUT2D eigenvalue weighted by Crippen LogP contribution is -2.45. The third-order valence-electron chi connectivity index (χ3n) is 9.49. The maximum absolute atomic E-state index is 12.7. The number of aliphatic hydroxyl groups is 1. The second-order valence-electron chi connectivity index (χ2n) is 16.4. The summed E-state index contributed by atoms with van der Waals surface area (Å²) in [6, 6.07) is -0.894. The van der Waals surface area contributed by atoms with Crippen molar-refractivity contribution < 1.29 is 32.9 Å². The van der Waals surface area contributed by atoms with Crippen LogP contribution < -0.4 is 10.2 Å². The molecule has 0 rings (SSSR count). The molecule has 0 aliphatic rings. The van der Waals surface area contributed by atoms with E-state index in [0.29, 0.717) is 17.4 Å². The first kappa shape index (κ1) is 57.2. The van der Waals surface area contributed by atoms with E-state index in [4.69, 9.17) is 9.05 Å². The molecule has 1 amide bonds. The molecule has 8 nitrogen and oxygen atoms in total. The van der Waals surface area contributed by atoms with Crippen LogP contribution >= 0.6 is 7.82 Å². The standard InChI is InChI=1S/C51H87N2O6P/c1-6-8-10-12-13-14-15-16-17-18-19-20-21-22-23-24-25-26-27-28-29-30-31-32-33-34-35-36-37-38-39-41-43-45-51(55)52-49(50(54)44-42-40-11-9-7-2)48-59-60(56,57)58-47-46-53(3,4)5/h8,10,13-14,16-17,19-20,22-23,25-26,28-29,31-32,42,44,49-50,54H,6-7,9,11-12,15,18,21,24,27,30,33-41,43,45-48H2,1-5H3,(H-,52,55,56,57)/b10-8-,14-13-,17-16-,20-19-,23-22-,26-25-,29-28-,32-31-,44-42+. The van der Waals surface area contributed by atoms with Crippen molar-refractivity contribution in [2.45, 2.75) is 167 Å². The Hall–Kier alpha value is -2.84. The molecule has 0 radical (unpaired) electrons. The van der Waals surface area contributed by atoms with Crippen LogP contribution in [-0.2, 0) is 18.4 Å². The number of hydrogen-bond donors (Lipinski definition) is 2. The monoisotopic (exact) mass is 855 g/mol. The Morgan fingerprint density at radius 3 is 1.48 bits per heavy atom. The number of aliphatic hydroxyl groups excluding tert-OH is 1. The fraction of sp³-hybridized carbons (Fsp3) is 0.627. The summed E-state index contributed by atoms with van der Waals surface area (Å²) in [5.41, 5.74) is 0. The average molecular weight is 855 g/mol. The Balaban J connectivity index is 4.03. The van der Waals surface area contributed by atoms with Gasteiger partial charge in [-0.1, -0.05) is 175 Å². The number of nitrogens with zero attached hydrogens (tertiary/aromatic N) is 1. The topological polar surface area (TPSA) is 108 Å². The van der Waals surface area contributed by atoms with Gasteiger partial charge in [0, 0.05) is 6.42 Å². The zero-order chi connectivity index (χ0) is 44.3. The van der Waals surface area contributed by atoms with Gasteiger partial charge < -0.3 is 28.8 Å². The molecule has 0 spiro atoms. The summed E-state index contributed by atoms with van der Waals surface area (Å²) < 4.78 is 23.0. The zero-order valence-electron chi connectivity index (χ0n) is 38.6. The highest BCUT2D eigenvalue weighted by Crippen LogP contribution is 2.38. The van der Waals surface area contributed by atoms with Gasteiger partial charge in [-0.3, -0.25) is 9.36 Å². The summed E-state index contributed by atoms with van der Waals surface area (Å²) in [6.45, 7) is 4.37. The molecule has 0 saturated heterocycles. The first-order valence-electron chi connectivity index (χ1n) is 23.2. The van der Waals surface area contributed by atoms with Crippen LogP contribution in [0.2, 0.25) is 0 Å². The molecule has 0 fully saturated rings. The lowest BCUT2D eigenvalue weighted by Gasteiger charge is -2.29. The number of phosphoric ester groups is 1. The number of hydrogen-bond acceptors (Lipinski definition) is 6. The highest BCUT2D eigenvalue weighted by Gasteiger charge is 2.23. The normalized spacial score (nSPS) is 15.2. The summed E-state index contributed by atoms with van der Waals surface area (Å²) in [5.74, 6) is -0.220. The third kappa shape index (κ3) is 43.3. The lowest BCUT2D eigenvalue weighted by atomic mass is 10.1. The molecule has 60 heavy (non-hydrogen) atoms. The Morgan fingerprint density at radius 2 is 1.02 bits per heavy atom. The minimum Gasteiger partial charge on any atom is -0.756 e. The molecule has 0 heterocycles. The van der Waals surface area contributed by atoms with Gasteiger partial charge in [0.15, 0.2) is 0 Å². The molecule has 0 aromatic rings. The van der Waals surface area contributed by atoms with Crippen LogP contribution in [-0.4, -0.2) is 68.5 Å². The third-order valence-corrected chi connectivity index (χ3v) is 10.5. The Kier molecular flexibility index (Phi) is 39.5. The van der Waals surface area contributed by atoms with Crippen molar-refractivity contribution in [3.8, 4) is 0 Å². The predicted octanol–water partition coefficient (Wildman–Crippen LogP) is 12.7. The number of carbonyl (C=O) groups is 1. The molecule has 0 aromatic carbocycles. The van der Waals surface area contributed by atoms with E-state index in [1.807, 2.05) is 27.2 Å². The van der Waals surface area contributed by atoms with Gasteiger partial charge in [-0.15, -0.1) is 0 Å². The van der Waals surface area contributed by atoms with E-state index in [1.165, 1.54) is 25.7 Å². The molecule has 9 heteroatoms. The van der Waals surface area contributed by atoms with E-state index in [1.54, 1.807) is 6.08 Å². The van der Waals surface area contributed by atoms with Crippen LogP contribution in [0, 0.1) is 0 Å². The van der Waals surface area contributed by atoms with Gasteiger partial charge in [-0.05, 0) is 83.5 Å². The van der Waals surface area contributed by atoms with Crippen LogP contribution in [0.5, 0.6) is 0 Å². The number of rotatable bonds is 40. The molecule has 3 atom stereocenters. The minimum atomic E-state index is -4.58. The summed E-state index contributed by atoms with van der Waals surface area (Å²) >= 11 is 0. The van der Waals surface area contributed by atoms with Crippen molar-refractivity contribution in [3.05, 3.63) is 109 Å². The van der Waals surface area contributed by atoms with Crippen molar-refractivity contribution in [1.29, 1.82) is 0 Å². The zero-order valence-corrected chi connectivity index (χ0v) is 39.5. The first-order chi connectivity index (χ1) is 29.0. The van der Waals surface area contributed by atoms with E-state index in [9.17, 15) is 19.4 Å². The fourth-order valence-electron chi connectivity index (χ4n) is 5.81. The number of quaternary nitrogens is 1. The van der Waals surface area contributed by atoms with Gasteiger partial charge >= 0.3 is 0 Å². The van der Waals surface area contributed by atoms with Crippen LogP contribution in [0.3, 0.4) is 0 Å². The quantitative estimate of drug-likeness (QED) is 0.0275. The molecular weight excluding hydrogens is 768 g/mol. The molecule has 2 N–H and O–H groups in total. The van der Waals surface area contributed by atoms with Crippen molar-refractivity contribution >= 4 is 13.7 Å². The minimum absolute atomic E-state index is 0.00965. The number of carbonyl (C=O) groups excluding carboxylic acids is 1.